The van der Waals surface area contributed by atoms with Crippen LogP contribution in [0.4, 0.5) is 38.3 Å². The first-order chi connectivity index (χ1) is 27.6. The molecule has 2 saturated carbocycles. The Labute approximate surface area is 337 Å². The molecule has 58 heavy (non-hydrogen) atoms. The van der Waals surface area contributed by atoms with Crippen molar-refractivity contribution in [3.8, 4) is 5.75 Å². The van der Waals surface area contributed by atoms with Crippen molar-refractivity contribution in [1.82, 2.24) is 31.0 Å². The number of aromatic amines is 2. The number of sulfone groups is 1. The number of rotatable bonds is 10. The van der Waals surface area contributed by atoms with E-state index in [0.717, 1.165) is 66.7 Å². The number of nitrogens with one attached hydrogen (secondary N) is 7. The highest BCUT2D eigenvalue weighted by molar-refractivity contribution is 7.90. The maximum Gasteiger partial charge on any atom is 0.407 e. The summed E-state index contributed by atoms with van der Waals surface area (Å²) in [7, 11) is -6.88. The molecule has 312 valence electrons. The highest BCUT2D eigenvalue weighted by atomic mass is 32.2. The van der Waals surface area contributed by atoms with Crippen molar-refractivity contribution in [2.24, 2.45) is 0 Å². The van der Waals surface area contributed by atoms with Gasteiger partial charge in [-0.2, -0.15) is 18.6 Å². The monoisotopic (exact) mass is 839 g/mol. The van der Waals surface area contributed by atoms with Gasteiger partial charge in [0.05, 0.1) is 22.9 Å². The summed E-state index contributed by atoms with van der Waals surface area (Å²) in [6.45, 7) is 7.57. The highest BCUT2D eigenvalue weighted by Crippen LogP contribution is 2.42. The second-order valence-electron chi connectivity index (χ2n) is 15.6. The van der Waals surface area contributed by atoms with Gasteiger partial charge in [0.2, 0.25) is 0 Å². The third-order valence-electron chi connectivity index (χ3n) is 10.2. The van der Waals surface area contributed by atoms with Gasteiger partial charge in [-0.1, -0.05) is 18.2 Å². The van der Waals surface area contributed by atoms with E-state index in [9.17, 15) is 26.4 Å². The van der Waals surface area contributed by atoms with Gasteiger partial charge in [-0.15, -0.1) is 0 Å². The van der Waals surface area contributed by atoms with Crippen LogP contribution in [0.15, 0.2) is 48.5 Å². The number of alkyl carbamates (subject to hydrolysis) is 2. The molecule has 2 amide bonds. The van der Waals surface area contributed by atoms with Crippen LogP contribution in [-0.4, -0.2) is 73.7 Å². The molecule has 0 bridgehead atoms. The minimum Gasteiger partial charge on any atom is -0.446 e. The number of anilines is 5. The number of nitrogens with zero attached hydrogens (tertiary/aromatic N) is 2. The van der Waals surface area contributed by atoms with Crippen molar-refractivity contribution in [3.63, 3.8) is 0 Å². The van der Waals surface area contributed by atoms with Gasteiger partial charge < -0.3 is 34.9 Å². The Balaban J connectivity index is 0.000000177. The SMILES string of the molecule is CC(C)NC(=O)O[C@@H]1CC[C@H](c2cc(Nc3cccc4c3CS(=O)(=O)C4)n[nH]2)C1.CC(C)NC(=O)O[C@@H]1CC[C@H](c2cc(Nc3cccc4c3OS(=O)(=O)N4)n[nH]2)C1. The number of ether oxygens (including phenoxy) is 2. The van der Waals surface area contributed by atoms with Crippen molar-refractivity contribution in [1.29, 1.82) is 0 Å². The van der Waals surface area contributed by atoms with Crippen molar-refractivity contribution in [2.75, 3.05) is 15.4 Å². The lowest BCUT2D eigenvalue weighted by Gasteiger charge is -2.14. The Morgan fingerprint density at radius 2 is 1.28 bits per heavy atom. The van der Waals surface area contributed by atoms with E-state index in [-0.39, 0.29) is 65.6 Å². The zero-order chi connectivity index (χ0) is 41.2. The molecule has 0 spiro atoms. The molecule has 0 radical (unpaired) electrons. The lowest BCUT2D eigenvalue weighted by Crippen LogP contribution is -2.33. The van der Waals surface area contributed by atoms with Crippen LogP contribution in [0.5, 0.6) is 5.75 Å². The van der Waals surface area contributed by atoms with Crippen molar-refractivity contribution in [2.45, 2.75) is 114 Å². The molecule has 0 unspecified atom stereocenters. The second-order valence-corrected chi connectivity index (χ2v) is 19.0. The third-order valence-corrected chi connectivity index (χ3v) is 12.5. The number of benzene rings is 2. The van der Waals surface area contributed by atoms with Gasteiger partial charge in [0.25, 0.3) is 0 Å². The molecule has 7 N–H and O–H groups in total. The van der Waals surface area contributed by atoms with Gasteiger partial charge in [-0.25, -0.2) is 22.7 Å². The fourth-order valence-corrected chi connectivity index (χ4v) is 10.1. The molecule has 4 heterocycles. The molecule has 2 aromatic heterocycles. The summed E-state index contributed by atoms with van der Waals surface area (Å²) >= 11 is 0. The number of aromatic nitrogens is 4. The molecule has 2 fully saturated rings. The molecule has 0 saturated heterocycles. The Hall–Kier alpha value is -5.50. The Kier molecular flexibility index (Phi) is 11.8. The minimum atomic E-state index is -3.82. The zero-order valence-electron chi connectivity index (χ0n) is 32.6. The molecular weight excluding hydrogens is 791 g/mol. The van der Waals surface area contributed by atoms with Crippen LogP contribution < -0.4 is 30.2 Å². The summed E-state index contributed by atoms with van der Waals surface area (Å²) in [5.74, 6) is 2.01. The van der Waals surface area contributed by atoms with E-state index in [2.05, 4.69) is 46.4 Å². The lowest BCUT2D eigenvalue weighted by molar-refractivity contribution is 0.0972. The van der Waals surface area contributed by atoms with Crippen molar-refractivity contribution < 1.29 is 40.1 Å². The number of para-hydroxylation sites is 1. The summed E-state index contributed by atoms with van der Waals surface area (Å²) in [5, 5.41) is 26.5. The molecule has 4 aliphatic rings. The quantitative estimate of drug-likeness (QED) is 0.0924. The summed E-state index contributed by atoms with van der Waals surface area (Å²) in [5.41, 5.74) is 5.24. The summed E-state index contributed by atoms with van der Waals surface area (Å²) < 4.78 is 65.4. The standard InChI is InChI=1S/C20H26N4O4S.C18H23N5O5S/c1-12(2)21-20(25)28-15-7-6-13(8-15)18-9-19(24-23-18)22-17-5-3-4-14-10-29(26,27)11-16(14)17;1-10(2)19-18(24)27-12-7-6-11(8-12)15-9-16(22-21-15)20-13-4-3-5-14-17(13)28-29(25,26)23-14/h3-5,9,12-13,15H,6-8,10-11H2,1-2H3,(H,21,25)(H2,22,23,24);3-5,9-12,23H,6-8H2,1-2H3,(H,19,24)(H2,20,21,22)/t13-,15+;11-,12+/m00/s1. The molecule has 8 rings (SSSR count). The molecule has 4 atom stereocenters. The van der Waals surface area contributed by atoms with Gasteiger partial charge in [-0.05, 0) is 95.5 Å². The maximum absolute atomic E-state index is 11.9. The number of carbonyl (C=O) groups excluding carboxylic acids is 2. The molecule has 2 aliphatic heterocycles. The topological polar surface area (TPSA) is 248 Å². The summed E-state index contributed by atoms with van der Waals surface area (Å²) in [6.07, 6.45) is 3.91. The number of amides is 2. The largest absolute Gasteiger partial charge is 0.446 e. The highest BCUT2D eigenvalue weighted by Gasteiger charge is 2.33. The van der Waals surface area contributed by atoms with Gasteiger partial charge >= 0.3 is 22.5 Å². The second kappa shape index (κ2) is 16.8. The molecule has 18 nitrogen and oxygen atoms in total. The smallest absolute Gasteiger partial charge is 0.407 e. The molecule has 2 aromatic carbocycles. The maximum atomic E-state index is 11.9. The van der Waals surface area contributed by atoms with Crippen molar-refractivity contribution >= 4 is 61.0 Å². The van der Waals surface area contributed by atoms with Crippen LogP contribution >= 0.6 is 0 Å². The van der Waals surface area contributed by atoms with Crippen LogP contribution in [0.2, 0.25) is 0 Å². The van der Waals surface area contributed by atoms with E-state index < -0.39 is 20.1 Å². The first-order valence-electron chi connectivity index (χ1n) is 19.3. The van der Waals surface area contributed by atoms with E-state index >= 15 is 0 Å². The van der Waals surface area contributed by atoms with Crippen LogP contribution in [0.25, 0.3) is 0 Å². The number of fused-ring (bicyclic) bond motifs is 2. The van der Waals surface area contributed by atoms with Gasteiger partial charge in [0.1, 0.15) is 12.2 Å². The van der Waals surface area contributed by atoms with Crippen LogP contribution in [0.3, 0.4) is 0 Å². The zero-order valence-corrected chi connectivity index (χ0v) is 34.3. The third kappa shape index (κ3) is 10.1. The first kappa shape index (κ1) is 40.7. The molecule has 20 heteroatoms. The van der Waals surface area contributed by atoms with Gasteiger partial charge in [0.15, 0.2) is 27.2 Å². The Morgan fingerprint density at radius 1 is 0.741 bits per heavy atom. The van der Waals surface area contributed by atoms with Gasteiger partial charge in [-0.3, -0.25) is 10.2 Å². The lowest BCUT2D eigenvalue weighted by atomic mass is 10.0. The number of H-pyrrole nitrogens is 2. The Morgan fingerprint density at radius 3 is 1.84 bits per heavy atom. The average Bonchev–Trinajstić information content (AvgIpc) is 3.97. The predicted molar refractivity (Wildman–Crippen MR) is 216 cm³/mol. The number of carbonyl (C=O) groups is 2. The number of hydrogen-bond acceptors (Lipinski definition) is 13. The van der Waals surface area contributed by atoms with Gasteiger partial charge in [0, 0.05) is 53.1 Å². The Bertz CT molecular complexity index is 2200. The van der Waals surface area contributed by atoms with E-state index in [1.54, 1.807) is 18.2 Å². The van der Waals surface area contributed by atoms with E-state index in [4.69, 9.17) is 13.7 Å². The van der Waals surface area contributed by atoms with E-state index in [0.29, 0.717) is 23.0 Å². The predicted octanol–water partition coefficient (Wildman–Crippen LogP) is 6.33. The van der Waals surface area contributed by atoms with E-state index in [1.165, 1.54) is 0 Å². The van der Waals surface area contributed by atoms with E-state index in [1.807, 2.05) is 58.0 Å². The fourth-order valence-electron chi connectivity index (χ4n) is 7.63. The normalized spacial score (nSPS) is 22.2. The number of hydrogen-bond donors (Lipinski definition) is 7. The fraction of sp³-hybridized carbons (Fsp3) is 0.474. The van der Waals surface area contributed by atoms with Crippen LogP contribution in [0.1, 0.15) is 101 Å². The minimum absolute atomic E-state index is 0.0366. The van der Waals surface area contributed by atoms with Crippen molar-refractivity contribution in [3.05, 3.63) is 71.0 Å². The molecular formula is C38H49N9O9S2. The van der Waals surface area contributed by atoms with Crippen LogP contribution in [-0.2, 0) is 41.1 Å². The molecule has 4 aromatic rings. The first-order valence-corrected chi connectivity index (χ1v) is 22.6. The summed E-state index contributed by atoms with van der Waals surface area (Å²) in [6, 6.07) is 14.5. The average molecular weight is 840 g/mol. The molecule has 2 aliphatic carbocycles. The summed E-state index contributed by atoms with van der Waals surface area (Å²) in [4.78, 5) is 23.6. The van der Waals surface area contributed by atoms with Crippen LogP contribution in [0, 0.1) is 0 Å².